The zero-order chi connectivity index (χ0) is 9.84. The zero-order valence-corrected chi connectivity index (χ0v) is 7.78. The fourth-order valence-corrected chi connectivity index (χ4v) is 0.899. The summed E-state index contributed by atoms with van der Waals surface area (Å²) in [6.45, 7) is 3.53. The first-order valence-electron chi connectivity index (χ1n) is 3.92. The molecule has 0 amide bonds. The fraction of sp³-hybridized carbons (Fsp3) is 0.333. The Bertz CT molecular complexity index is 290. The number of hydrogen-bond donors (Lipinski definition) is 0. The van der Waals surface area contributed by atoms with E-state index in [1.807, 2.05) is 14.1 Å². The summed E-state index contributed by atoms with van der Waals surface area (Å²) in [6.07, 6.45) is 3.75. The Morgan fingerprint density at radius 2 is 2.31 bits per heavy atom. The van der Waals surface area contributed by atoms with Crippen LogP contribution in [0.15, 0.2) is 29.5 Å². The van der Waals surface area contributed by atoms with Crippen molar-refractivity contribution in [2.75, 3.05) is 14.1 Å². The third kappa shape index (κ3) is 2.43. The Morgan fingerprint density at radius 1 is 1.62 bits per heavy atom. The molecule has 0 aromatic heterocycles. The van der Waals surface area contributed by atoms with Crippen LogP contribution in [0.5, 0.6) is 0 Å². The summed E-state index contributed by atoms with van der Waals surface area (Å²) < 4.78 is 4.86. The van der Waals surface area contributed by atoms with Crippen LogP contribution in [0.1, 0.15) is 6.42 Å². The number of rotatable bonds is 3. The second-order valence-electron chi connectivity index (χ2n) is 2.87. The van der Waals surface area contributed by atoms with Gasteiger partial charge in [0.15, 0.2) is 5.70 Å². The molecule has 0 unspecified atom stereocenters. The van der Waals surface area contributed by atoms with Gasteiger partial charge in [-0.3, -0.25) is 0 Å². The average Bonchev–Trinajstić information content (AvgIpc) is 2.31. The molecule has 0 saturated heterocycles. The molecule has 13 heavy (non-hydrogen) atoms. The van der Waals surface area contributed by atoms with E-state index in [9.17, 15) is 4.79 Å². The van der Waals surface area contributed by atoms with Gasteiger partial charge in [-0.05, 0) is 0 Å². The van der Waals surface area contributed by atoms with Crippen molar-refractivity contribution in [2.24, 2.45) is 4.99 Å². The summed E-state index contributed by atoms with van der Waals surface area (Å²) in [5.74, 6) is 0.0126. The molecule has 0 bridgehead atoms. The van der Waals surface area contributed by atoms with Crippen molar-refractivity contribution in [1.29, 1.82) is 0 Å². The molecular formula is C9H12N2O2. The molecule has 0 saturated carbocycles. The van der Waals surface area contributed by atoms with E-state index in [1.165, 1.54) is 0 Å². The zero-order valence-electron chi connectivity index (χ0n) is 7.78. The van der Waals surface area contributed by atoms with E-state index in [0.717, 1.165) is 0 Å². The third-order valence-electron chi connectivity index (χ3n) is 1.36. The van der Waals surface area contributed by atoms with Crippen molar-refractivity contribution < 1.29 is 9.53 Å². The number of hydrogen-bond acceptors (Lipinski definition) is 4. The molecule has 1 heterocycles. The predicted octanol–water partition coefficient (Wildman–Crippen LogP) is 0.921. The molecule has 4 nitrogen and oxygen atoms in total. The van der Waals surface area contributed by atoms with E-state index in [1.54, 1.807) is 17.2 Å². The van der Waals surface area contributed by atoms with Crippen molar-refractivity contribution in [3.63, 3.8) is 0 Å². The number of ether oxygens (including phenoxy) is 1. The Morgan fingerprint density at radius 3 is 2.85 bits per heavy atom. The lowest BCUT2D eigenvalue weighted by Crippen LogP contribution is -2.07. The summed E-state index contributed by atoms with van der Waals surface area (Å²) in [4.78, 5) is 16.9. The molecule has 0 aromatic rings. The van der Waals surface area contributed by atoms with Gasteiger partial charge in [-0.2, -0.15) is 0 Å². The molecule has 0 atom stereocenters. The van der Waals surface area contributed by atoms with Crippen LogP contribution in [-0.4, -0.2) is 30.9 Å². The lowest BCUT2D eigenvalue weighted by atomic mass is 10.4. The summed E-state index contributed by atoms with van der Waals surface area (Å²) in [7, 11) is 3.64. The number of nitrogens with zero attached hydrogens (tertiary/aromatic N) is 2. The molecule has 4 heteroatoms. The summed E-state index contributed by atoms with van der Waals surface area (Å²) in [5.41, 5.74) is 0.335. The van der Waals surface area contributed by atoms with Crippen molar-refractivity contribution in [2.45, 2.75) is 6.42 Å². The van der Waals surface area contributed by atoms with Crippen molar-refractivity contribution in [3.8, 4) is 0 Å². The number of carbonyl (C=O) groups is 1. The molecule has 0 N–H and O–H groups in total. The maximum Gasteiger partial charge on any atom is 0.365 e. The number of esters is 1. The van der Waals surface area contributed by atoms with Gasteiger partial charge in [0.05, 0.1) is 0 Å². The summed E-state index contributed by atoms with van der Waals surface area (Å²) >= 11 is 0. The normalized spacial score (nSPS) is 18.5. The van der Waals surface area contributed by atoms with Crippen LogP contribution in [0.3, 0.4) is 0 Å². The number of aliphatic imine (C=N–C) groups is 1. The largest absolute Gasteiger partial charge is 0.406 e. The van der Waals surface area contributed by atoms with Crippen molar-refractivity contribution in [3.05, 3.63) is 24.6 Å². The first-order chi connectivity index (χ1) is 6.13. The Hall–Kier alpha value is -1.58. The van der Waals surface area contributed by atoms with E-state index < -0.39 is 5.97 Å². The van der Waals surface area contributed by atoms with Crippen LogP contribution in [0.2, 0.25) is 0 Å². The molecule has 0 radical (unpaired) electrons. The van der Waals surface area contributed by atoms with Crippen LogP contribution in [0, 0.1) is 0 Å². The van der Waals surface area contributed by atoms with E-state index >= 15 is 0 Å². The highest BCUT2D eigenvalue weighted by Gasteiger charge is 2.21. The van der Waals surface area contributed by atoms with Gasteiger partial charge >= 0.3 is 5.97 Å². The summed E-state index contributed by atoms with van der Waals surface area (Å²) in [6, 6.07) is 0. The molecule has 1 rings (SSSR count). The number of carbonyl (C=O) groups excluding carboxylic acids is 1. The van der Waals surface area contributed by atoms with Gasteiger partial charge in [-0.1, -0.05) is 6.08 Å². The van der Waals surface area contributed by atoms with Crippen LogP contribution in [0.4, 0.5) is 0 Å². The van der Waals surface area contributed by atoms with E-state index in [0.29, 0.717) is 18.0 Å². The SMILES string of the molecule is C=CCC1=NC(=CN(C)C)C(=O)O1. The molecule has 0 aromatic carbocycles. The second kappa shape index (κ2) is 3.89. The standard InChI is InChI=1S/C9H12N2O2/c1-4-5-8-10-7(6-11(2)3)9(12)13-8/h4,6H,1,5H2,2-3H3. The second-order valence-corrected chi connectivity index (χ2v) is 2.87. The van der Waals surface area contributed by atoms with Crippen molar-refractivity contribution in [1.82, 2.24) is 4.90 Å². The highest BCUT2D eigenvalue weighted by atomic mass is 16.6. The van der Waals surface area contributed by atoms with Gasteiger partial charge in [0.25, 0.3) is 0 Å². The van der Waals surface area contributed by atoms with Gasteiger partial charge in [0.2, 0.25) is 5.90 Å². The minimum absolute atomic E-state index is 0.335. The van der Waals surface area contributed by atoms with E-state index in [-0.39, 0.29) is 0 Å². The fourth-order valence-electron chi connectivity index (χ4n) is 0.899. The highest BCUT2D eigenvalue weighted by molar-refractivity contribution is 6.04. The van der Waals surface area contributed by atoms with Crippen molar-refractivity contribution >= 4 is 11.9 Å². The summed E-state index contributed by atoms with van der Waals surface area (Å²) in [5, 5.41) is 0. The first-order valence-corrected chi connectivity index (χ1v) is 3.92. The maximum absolute atomic E-state index is 11.1. The lowest BCUT2D eigenvalue weighted by molar-refractivity contribution is -0.130. The Kier molecular flexibility index (Phi) is 2.84. The van der Waals surface area contributed by atoms with Crippen LogP contribution in [-0.2, 0) is 9.53 Å². The predicted molar refractivity (Wildman–Crippen MR) is 50.1 cm³/mol. The molecule has 0 spiro atoms. The Balaban J connectivity index is 2.77. The van der Waals surface area contributed by atoms with Crippen LogP contribution in [0.25, 0.3) is 0 Å². The molecule has 0 fully saturated rings. The third-order valence-corrected chi connectivity index (χ3v) is 1.36. The first kappa shape index (κ1) is 9.51. The minimum Gasteiger partial charge on any atom is -0.406 e. The smallest absolute Gasteiger partial charge is 0.365 e. The molecule has 1 aliphatic rings. The molecular weight excluding hydrogens is 168 g/mol. The topological polar surface area (TPSA) is 41.9 Å². The average molecular weight is 180 g/mol. The maximum atomic E-state index is 11.1. The molecule has 0 aliphatic carbocycles. The highest BCUT2D eigenvalue weighted by Crippen LogP contribution is 2.12. The molecule has 70 valence electrons. The van der Waals surface area contributed by atoms with E-state index in [4.69, 9.17) is 4.74 Å². The quantitative estimate of drug-likeness (QED) is 0.368. The minimum atomic E-state index is -0.398. The van der Waals surface area contributed by atoms with E-state index in [2.05, 4.69) is 11.6 Å². The van der Waals surface area contributed by atoms with Gasteiger partial charge in [0.1, 0.15) is 0 Å². The van der Waals surface area contributed by atoms with Crippen LogP contribution < -0.4 is 0 Å². The van der Waals surface area contributed by atoms with Gasteiger partial charge < -0.3 is 9.64 Å². The van der Waals surface area contributed by atoms with Crippen LogP contribution >= 0.6 is 0 Å². The monoisotopic (exact) mass is 180 g/mol. The number of cyclic esters (lactones) is 1. The molecule has 1 aliphatic heterocycles. The Labute approximate surface area is 77.2 Å². The lowest BCUT2D eigenvalue weighted by Gasteiger charge is -2.02. The van der Waals surface area contributed by atoms with Gasteiger partial charge in [0, 0.05) is 26.7 Å². The van der Waals surface area contributed by atoms with Gasteiger partial charge in [-0.15, -0.1) is 6.58 Å². The van der Waals surface area contributed by atoms with Gasteiger partial charge in [-0.25, -0.2) is 9.79 Å².